The quantitative estimate of drug-likeness (QED) is 0.419. The third-order valence-corrected chi connectivity index (χ3v) is 3.17. The minimum absolute atomic E-state index is 0.0987. The summed E-state index contributed by atoms with van der Waals surface area (Å²) in [6.45, 7) is 6.23. The Morgan fingerprint density at radius 3 is 2.43 bits per heavy atom. The van der Waals surface area contributed by atoms with Gasteiger partial charge >= 0.3 is 0 Å². The van der Waals surface area contributed by atoms with Gasteiger partial charge < -0.3 is 4.90 Å². The lowest BCUT2D eigenvalue weighted by atomic mass is 10.2. The van der Waals surface area contributed by atoms with Gasteiger partial charge in [0.2, 0.25) is 5.91 Å². The van der Waals surface area contributed by atoms with Crippen LogP contribution in [0, 0.1) is 0 Å². The van der Waals surface area contributed by atoms with Gasteiger partial charge in [0.1, 0.15) is 0 Å². The molecule has 21 heavy (non-hydrogen) atoms. The van der Waals surface area contributed by atoms with Crippen molar-refractivity contribution in [3.05, 3.63) is 29.6 Å². The maximum Gasteiger partial charge on any atom is 0.266 e. The van der Waals surface area contributed by atoms with Crippen molar-refractivity contribution in [2.45, 2.75) is 20.4 Å². The summed E-state index contributed by atoms with van der Waals surface area (Å²) in [6, 6.07) is 3.41. The molecule has 0 atom stereocenters. The van der Waals surface area contributed by atoms with E-state index in [1.54, 1.807) is 17.0 Å². The summed E-state index contributed by atoms with van der Waals surface area (Å²) >= 11 is 0. The normalized spacial score (nSPS) is 10.5. The van der Waals surface area contributed by atoms with E-state index < -0.39 is 0 Å². The van der Waals surface area contributed by atoms with Crippen LogP contribution in [0.5, 0.6) is 0 Å². The van der Waals surface area contributed by atoms with Crippen molar-refractivity contribution in [3.8, 4) is 0 Å². The summed E-state index contributed by atoms with van der Waals surface area (Å²) in [5, 5.41) is 0. The van der Waals surface area contributed by atoms with Crippen molar-refractivity contribution in [2.75, 3.05) is 26.7 Å². The molecule has 0 aliphatic rings. The van der Waals surface area contributed by atoms with Gasteiger partial charge in [0.05, 0.1) is 17.8 Å². The van der Waals surface area contributed by atoms with E-state index in [0.717, 1.165) is 5.69 Å². The number of nitrogens with zero attached hydrogens (tertiary/aromatic N) is 3. The molecule has 0 aliphatic heterocycles. The zero-order valence-corrected chi connectivity index (χ0v) is 12.8. The van der Waals surface area contributed by atoms with Crippen LogP contribution in [0.3, 0.4) is 0 Å². The number of aromatic nitrogens is 1. The van der Waals surface area contributed by atoms with Crippen LogP contribution in [0.25, 0.3) is 0 Å². The van der Waals surface area contributed by atoms with Crippen LogP contribution in [0.1, 0.15) is 29.9 Å². The van der Waals surface area contributed by atoms with Crippen molar-refractivity contribution in [3.63, 3.8) is 0 Å². The Morgan fingerprint density at radius 2 is 1.95 bits per heavy atom. The van der Waals surface area contributed by atoms with Crippen LogP contribution in [-0.4, -0.2) is 53.3 Å². The van der Waals surface area contributed by atoms with E-state index in [1.165, 1.54) is 6.20 Å². The van der Waals surface area contributed by atoms with Gasteiger partial charge in [-0.2, -0.15) is 0 Å². The van der Waals surface area contributed by atoms with Gasteiger partial charge in [0.15, 0.2) is 0 Å². The van der Waals surface area contributed by atoms with Crippen molar-refractivity contribution in [2.24, 2.45) is 5.84 Å². The van der Waals surface area contributed by atoms with Crippen molar-refractivity contribution < 1.29 is 9.59 Å². The van der Waals surface area contributed by atoms with Gasteiger partial charge in [-0.1, -0.05) is 0 Å². The van der Waals surface area contributed by atoms with Crippen LogP contribution in [0.4, 0.5) is 0 Å². The van der Waals surface area contributed by atoms with Gasteiger partial charge in [-0.05, 0) is 33.0 Å². The SMILES string of the molecule is CCN(CC)C(=O)CN(C)Cc1ccc(C(=O)NN)cn1. The molecule has 0 spiro atoms. The number of nitrogen functional groups attached to an aromatic ring is 1. The molecule has 7 nitrogen and oxygen atoms in total. The second-order valence-corrected chi connectivity index (χ2v) is 4.75. The van der Waals surface area contributed by atoms with Crippen LogP contribution in [-0.2, 0) is 11.3 Å². The van der Waals surface area contributed by atoms with Gasteiger partial charge in [0, 0.05) is 25.8 Å². The summed E-state index contributed by atoms with van der Waals surface area (Å²) in [5.41, 5.74) is 3.25. The Balaban J connectivity index is 2.56. The van der Waals surface area contributed by atoms with Crippen molar-refractivity contribution in [1.29, 1.82) is 0 Å². The van der Waals surface area contributed by atoms with Crippen LogP contribution < -0.4 is 11.3 Å². The van der Waals surface area contributed by atoms with E-state index in [4.69, 9.17) is 5.84 Å². The zero-order chi connectivity index (χ0) is 15.8. The topological polar surface area (TPSA) is 91.6 Å². The predicted octanol–water partition coefficient (Wildman–Crippen LogP) is -0.0147. The molecular formula is C14H23N5O2. The Morgan fingerprint density at radius 1 is 1.29 bits per heavy atom. The lowest BCUT2D eigenvalue weighted by molar-refractivity contribution is -0.131. The third-order valence-electron chi connectivity index (χ3n) is 3.17. The molecule has 3 N–H and O–H groups in total. The minimum Gasteiger partial charge on any atom is -0.342 e. The molecule has 0 bridgehead atoms. The lowest BCUT2D eigenvalue weighted by Gasteiger charge is -2.22. The highest BCUT2D eigenvalue weighted by Crippen LogP contribution is 2.03. The molecule has 1 rings (SSSR count). The average molecular weight is 293 g/mol. The molecular weight excluding hydrogens is 270 g/mol. The summed E-state index contributed by atoms with van der Waals surface area (Å²) < 4.78 is 0. The molecule has 2 amide bonds. The minimum atomic E-state index is -0.376. The lowest BCUT2D eigenvalue weighted by Crippen LogP contribution is -2.38. The van der Waals surface area contributed by atoms with Gasteiger partial charge in [-0.3, -0.25) is 24.9 Å². The molecule has 7 heteroatoms. The number of nitrogens with one attached hydrogen (secondary N) is 1. The Hall–Kier alpha value is -1.99. The molecule has 0 saturated heterocycles. The van der Waals surface area contributed by atoms with Crippen LogP contribution >= 0.6 is 0 Å². The monoisotopic (exact) mass is 293 g/mol. The maximum absolute atomic E-state index is 12.0. The van der Waals surface area contributed by atoms with Crippen LogP contribution in [0.2, 0.25) is 0 Å². The number of amides is 2. The molecule has 1 heterocycles. The highest BCUT2D eigenvalue weighted by molar-refractivity contribution is 5.93. The van der Waals surface area contributed by atoms with Crippen molar-refractivity contribution in [1.82, 2.24) is 20.2 Å². The third kappa shape index (κ3) is 5.13. The highest BCUT2D eigenvalue weighted by atomic mass is 16.2. The Bertz CT molecular complexity index is 471. The van der Waals surface area contributed by atoms with E-state index in [9.17, 15) is 9.59 Å². The van der Waals surface area contributed by atoms with Gasteiger partial charge in [-0.25, -0.2) is 5.84 Å². The molecule has 1 aromatic rings. The number of nitrogens with two attached hydrogens (primary N) is 1. The Kier molecular flexibility index (Phi) is 6.77. The molecule has 0 radical (unpaired) electrons. The number of hydrogen-bond acceptors (Lipinski definition) is 5. The molecule has 1 aromatic heterocycles. The number of likely N-dealkylation sites (N-methyl/N-ethyl adjacent to an activating group) is 2. The van der Waals surface area contributed by atoms with E-state index in [1.807, 2.05) is 25.8 Å². The highest BCUT2D eigenvalue weighted by Gasteiger charge is 2.13. The van der Waals surface area contributed by atoms with Gasteiger partial charge in [-0.15, -0.1) is 0 Å². The van der Waals surface area contributed by atoms with Crippen molar-refractivity contribution >= 4 is 11.8 Å². The maximum atomic E-state index is 12.0. The fraction of sp³-hybridized carbons (Fsp3) is 0.500. The molecule has 0 unspecified atom stereocenters. The number of pyridine rings is 1. The fourth-order valence-corrected chi connectivity index (χ4v) is 1.98. The first kappa shape index (κ1) is 17.1. The summed E-state index contributed by atoms with van der Waals surface area (Å²) in [6.07, 6.45) is 1.47. The molecule has 0 aliphatic carbocycles. The van der Waals surface area contributed by atoms with E-state index >= 15 is 0 Å². The molecule has 0 aromatic carbocycles. The van der Waals surface area contributed by atoms with E-state index in [0.29, 0.717) is 31.7 Å². The van der Waals surface area contributed by atoms with E-state index in [-0.39, 0.29) is 11.8 Å². The standard InChI is InChI=1S/C14H23N5O2/c1-4-19(5-2)13(20)10-18(3)9-12-7-6-11(8-16-12)14(21)17-15/h6-8H,4-5,9-10,15H2,1-3H3,(H,17,21). The smallest absolute Gasteiger partial charge is 0.266 e. The van der Waals surface area contributed by atoms with Gasteiger partial charge in [0.25, 0.3) is 5.91 Å². The second kappa shape index (κ2) is 8.33. The summed E-state index contributed by atoms with van der Waals surface area (Å²) in [4.78, 5) is 31.2. The van der Waals surface area contributed by atoms with Crippen LogP contribution in [0.15, 0.2) is 18.3 Å². The largest absolute Gasteiger partial charge is 0.342 e. The average Bonchev–Trinajstić information content (AvgIpc) is 2.48. The summed E-state index contributed by atoms with van der Waals surface area (Å²) in [7, 11) is 1.86. The summed E-state index contributed by atoms with van der Waals surface area (Å²) in [5.74, 6) is 4.78. The Labute approximate surface area is 125 Å². The fourth-order valence-electron chi connectivity index (χ4n) is 1.98. The molecule has 116 valence electrons. The first-order valence-corrected chi connectivity index (χ1v) is 6.94. The number of hydrazine groups is 1. The first-order valence-electron chi connectivity index (χ1n) is 6.94. The number of rotatable bonds is 7. The second-order valence-electron chi connectivity index (χ2n) is 4.75. The predicted molar refractivity (Wildman–Crippen MR) is 80.2 cm³/mol. The molecule has 0 saturated carbocycles. The first-order chi connectivity index (χ1) is 10.0. The number of carbonyl (C=O) groups excluding carboxylic acids is 2. The number of carbonyl (C=O) groups is 2. The van der Waals surface area contributed by atoms with E-state index in [2.05, 4.69) is 10.4 Å². The number of hydrogen-bond donors (Lipinski definition) is 2. The molecule has 0 fully saturated rings. The zero-order valence-electron chi connectivity index (χ0n) is 12.8.